The molecule has 0 radical (unpaired) electrons. The molecule has 1 aromatic heterocycles. The molecule has 108 valence electrons. The third-order valence-corrected chi connectivity index (χ3v) is 5.34. The number of hydrogen-bond acceptors (Lipinski definition) is 3. The predicted molar refractivity (Wildman–Crippen MR) is 77.8 cm³/mol. The van der Waals surface area contributed by atoms with Gasteiger partial charge in [-0.2, -0.15) is 9.40 Å². The minimum absolute atomic E-state index is 0.210. The minimum atomic E-state index is -3.53. The summed E-state index contributed by atoms with van der Waals surface area (Å²) < 4.78 is 27.9. The first-order valence-corrected chi connectivity index (χ1v) is 7.79. The molecular weight excluding hydrogens is 274 g/mol. The van der Waals surface area contributed by atoms with E-state index in [0.29, 0.717) is 0 Å². The zero-order valence-electron chi connectivity index (χ0n) is 12.1. The SMILES string of the molecule is Cc1ccc([C@@H](C)N(C)S(=O)(=O)c2cnn(C)c2)cc1. The second-order valence-electron chi connectivity index (χ2n) is 4.96. The molecule has 1 aromatic carbocycles. The Bertz CT molecular complexity index is 689. The van der Waals surface area contributed by atoms with Gasteiger partial charge in [0.15, 0.2) is 0 Å². The summed E-state index contributed by atoms with van der Waals surface area (Å²) in [5.41, 5.74) is 2.12. The number of nitrogens with zero attached hydrogens (tertiary/aromatic N) is 3. The van der Waals surface area contributed by atoms with Gasteiger partial charge in [-0.1, -0.05) is 29.8 Å². The van der Waals surface area contributed by atoms with E-state index in [1.54, 1.807) is 14.1 Å². The summed E-state index contributed by atoms with van der Waals surface area (Å²) in [4.78, 5) is 0.210. The van der Waals surface area contributed by atoms with Crippen molar-refractivity contribution in [3.8, 4) is 0 Å². The van der Waals surface area contributed by atoms with Crippen molar-refractivity contribution in [2.24, 2.45) is 7.05 Å². The quantitative estimate of drug-likeness (QED) is 0.867. The monoisotopic (exact) mass is 293 g/mol. The van der Waals surface area contributed by atoms with E-state index in [1.807, 2.05) is 38.1 Å². The fourth-order valence-corrected chi connectivity index (χ4v) is 3.30. The van der Waals surface area contributed by atoms with E-state index < -0.39 is 10.0 Å². The van der Waals surface area contributed by atoms with Crippen LogP contribution in [0.3, 0.4) is 0 Å². The van der Waals surface area contributed by atoms with Crippen molar-refractivity contribution in [1.82, 2.24) is 14.1 Å². The molecule has 5 nitrogen and oxygen atoms in total. The maximum absolute atomic E-state index is 12.5. The topological polar surface area (TPSA) is 55.2 Å². The standard InChI is InChI=1S/C14H19N3O2S/c1-11-5-7-13(8-6-11)12(2)17(4)20(18,19)14-9-15-16(3)10-14/h5-10,12H,1-4H3/t12-/m1/s1. The normalized spacial score (nSPS) is 13.7. The number of benzene rings is 1. The zero-order chi connectivity index (χ0) is 14.9. The smallest absolute Gasteiger partial charge is 0.246 e. The number of aryl methyl sites for hydroxylation is 2. The summed E-state index contributed by atoms with van der Waals surface area (Å²) in [6, 6.07) is 7.64. The van der Waals surface area contributed by atoms with Gasteiger partial charge in [-0.25, -0.2) is 8.42 Å². The van der Waals surface area contributed by atoms with Crippen molar-refractivity contribution in [1.29, 1.82) is 0 Å². The molecule has 0 saturated carbocycles. The third kappa shape index (κ3) is 2.76. The van der Waals surface area contributed by atoms with Gasteiger partial charge in [-0.15, -0.1) is 0 Å². The molecule has 0 spiro atoms. The second kappa shape index (κ2) is 5.38. The van der Waals surface area contributed by atoms with Crippen LogP contribution in [-0.4, -0.2) is 29.6 Å². The van der Waals surface area contributed by atoms with Crippen molar-refractivity contribution >= 4 is 10.0 Å². The van der Waals surface area contributed by atoms with E-state index >= 15 is 0 Å². The fourth-order valence-electron chi connectivity index (χ4n) is 1.96. The molecule has 0 fully saturated rings. The molecule has 1 heterocycles. The van der Waals surface area contributed by atoms with Gasteiger partial charge in [0, 0.05) is 26.3 Å². The van der Waals surface area contributed by atoms with Gasteiger partial charge in [-0.3, -0.25) is 4.68 Å². The Hall–Kier alpha value is -1.66. The average Bonchev–Trinajstić information content (AvgIpc) is 2.85. The Morgan fingerprint density at radius 2 is 1.85 bits per heavy atom. The molecule has 2 rings (SSSR count). The predicted octanol–water partition coefficient (Wildman–Crippen LogP) is 2.11. The van der Waals surface area contributed by atoms with Crippen LogP contribution in [0.25, 0.3) is 0 Å². The van der Waals surface area contributed by atoms with Gasteiger partial charge in [-0.05, 0) is 19.4 Å². The lowest BCUT2D eigenvalue weighted by atomic mass is 10.1. The summed E-state index contributed by atoms with van der Waals surface area (Å²) in [6.45, 7) is 3.88. The summed E-state index contributed by atoms with van der Waals surface area (Å²) in [6.07, 6.45) is 2.88. The third-order valence-electron chi connectivity index (χ3n) is 3.46. The first-order valence-electron chi connectivity index (χ1n) is 6.35. The largest absolute Gasteiger partial charge is 0.274 e. The van der Waals surface area contributed by atoms with Crippen molar-refractivity contribution in [2.45, 2.75) is 24.8 Å². The number of rotatable bonds is 4. The molecule has 0 amide bonds. The minimum Gasteiger partial charge on any atom is -0.274 e. The molecule has 6 heteroatoms. The Kier molecular flexibility index (Phi) is 3.96. The van der Waals surface area contributed by atoms with Crippen molar-refractivity contribution in [3.63, 3.8) is 0 Å². The molecule has 0 saturated heterocycles. The van der Waals surface area contributed by atoms with Gasteiger partial charge < -0.3 is 0 Å². The van der Waals surface area contributed by atoms with Crippen LogP contribution in [0, 0.1) is 6.92 Å². The average molecular weight is 293 g/mol. The molecular formula is C14H19N3O2S. The lowest BCUT2D eigenvalue weighted by Gasteiger charge is -2.24. The highest BCUT2D eigenvalue weighted by molar-refractivity contribution is 7.89. The van der Waals surface area contributed by atoms with Crippen LogP contribution in [-0.2, 0) is 17.1 Å². The van der Waals surface area contributed by atoms with Crippen molar-refractivity contribution < 1.29 is 8.42 Å². The molecule has 1 atom stereocenters. The maximum atomic E-state index is 12.5. The van der Waals surface area contributed by atoms with Crippen LogP contribution in [0.2, 0.25) is 0 Å². The van der Waals surface area contributed by atoms with Gasteiger partial charge >= 0.3 is 0 Å². The van der Waals surface area contributed by atoms with Gasteiger partial charge in [0.2, 0.25) is 10.0 Å². The Balaban J connectivity index is 2.30. The van der Waals surface area contributed by atoms with Gasteiger partial charge in [0.05, 0.1) is 6.20 Å². The summed E-state index contributed by atoms with van der Waals surface area (Å²) in [5.74, 6) is 0. The van der Waals surface area contributed by atoms with Crippen LogP contribution in [0.15, 0.2) is 41.6 Å². The number of aromatic nitrogens is 2. The number of hydrogen-bond donors (Lipinski definition) is 0. The van der Waals surface area contributed by atoms with Gasteiger partial charge in [0.25, 0.3) is 0 Å². The van der Waals surface area contributed by atoms with Crippen LogP contribution in [0.5, 0.6) is 0 Å². The highest BCUT2D eigenvalue weighted by Crippen LogP contribution is 2.25. The Morgan fingerprint density at radius 1 is 1.25 bits per heavy atom. The number of sulfonamides is 1. The summed E-state index contributed by atoms with van der Waals surface area (Å²) >= 11 is 0. The van der Waals surface area contributed by atoms with Gasteiger partial charge in [0.1, 0.15) is 4.90 Å². The van der Waals surface area contributed by atoms with E-state index in [1.165, 1.54) is 21.4 Å². The molecule has 0 N–H and O–H groups in total. The van der Waals surface area contributed by atoms with E-state index in [0.717, 1.165) is 11.1 Å². The fraction of sp³-hybridized carbons (Fsp3) is 0.357. The van der Waals surface area contributed by atoms with Crippen LogP contribution in [0.4, 0.5) is 0 Å². The second-order valence-corrected chi connectivity index (χ2v) is 6.96. The molecule has 0 bridgehead atoms. The highest BCUT2D eigenvalue weighted by atomic mass is 32.2. The Morgan fingerprint density at radius 3 is 2.35 bits per heavy atom. The van der Waals surface area contributed by atoms with Crippen molar-refractivity contribution in [2.75, 3.05) is 7.05 Å². The van der Waals surface area contributed by atoms with Crippen LogP contribution in [0.1, 0.15) is 24.1 Å². The van der Waals surface area contributed by atoms with Crippen molar-refractivity contribution in [3.05, 3.63) is 47.8 Å². The molecule has 20 heavy (non-hydrogen) atoms. The summed E-state index contributed by atoms with van der Waals surface area (Å²) in [7, 11) is -0.239. The first kappa shape index (κ1) is 14.7. The van der Waals surface area contributed by atoms with E-state index in [2.05, 4.69) is 5.10 Å². The van der Waals surface area contributed by atoms with Crippen LogP contribution < -0.4 is 0 Å². The molecule has 0 aliphatic carbocycles. The van der Waals surface area contributed by atoms with Crippen LogP contribution >= 0.6 is 0 Å². The zero-order valence-corrected chi connectivity index (χ0v) is 12.9. The Labute approximate surface area is 119 Å². The maximum Gasteiger partial charge on any atom is 0.246 e. The molecule has 0 aliphatic rings. The van der Waals surface area contributed by atoms with E-state index in [-0.39, 0.29) is 10.9 Å². The lowest BCUT2D eigenvalue weighted by molar-refractivity contribution is 0.398. The van der Waals surface area contributed by atoms with E-state index in [4.69, 9.17) is 0 Å². The highest BCUT2D eigenvalue weighted by Gasteiger charge is 2.27. The first-order chi connectivity index (χ1) is 9.32. The molecule has 2 aromatic rings. The lowest BCUT2D eigenvalue weighted by Crippen LogP contribution is -2.29. The summed E-state index contributed by atoms with van der Waals surface area (Å²) in [5, 5.41) is 3.92. The molecule has 0 aliphatic heterocycles. The molecule has 0 unspecified atom stereocenters. The van der Waals surface area contributed by atoms with E-state index in [9.17, 15) is 8.42 Å².